The van der Waals surface area contributed by atoms with Crippen LogP contribution in [0.5, 0.6) is 0 Å². The van der Waals surface area contributed by atoms with Crippen molar-refractivity contribution in [2.75, 3.05) is 5.32 Å². The lowest BCUT2D eigenvalue weighted by Crippen LogP contribution is -2.17. The molecule has 2 heterocycles. The lowest BCUT2D eigenvalue weighted by atomic mass is 10.1. The summed E-state index contributed by atoms with van der Waals surface area (Å²) < 4.78 is 6.47. The van der Waals surface area contributed by atoms with Crippen LogP contribution in [0, 0.1) is 10.1 Å². The number of hydrogen-bond acceptors (Lipinski definition) is 7. The number of anilines is 1. The van der Waals surface area contributed by atoms with Crippen LogP contribution in [0.1, 0.15) is 25.3 Å². The van der Waals surface area contributed by atoms with Gasteiger partial charge in [-0.1, -0.05) is 31.2 Å². The Morgan fingerprint density at radius 3 is 2.75 bits per heavy atom. The monoisotopic (exact) mass is 452 g/mol. The van der Waals surface area contributed by atoms with Crippen molar-refractivity contribution in [3.63, 3.8) is 0 Å². The predicted molar refractivity (Wildman–Crippen MR) is 122 cm³/mol. The van der Waals surface area contributed by atoms with Gasteiger partial charge in [0.2, 0.25) is 5.91 Å². The zero-order valence-corrected chi connectivity index (χ0v) is 18.1. The number of fused-ring (bicyclic) bond motifs is 1. The Bertz CT molecular complexity index is 1340. The fraction of sp³-hybridized carbons (Fsp3) is 0.227. The van der Waals surface area contributed by atoms with Crippen molar-refractivity contribution in [1.29, 1.82) is 0 Å². The molecule has 0 spiro atoms. The third-order valence-electron chi connectivity index (χ3n) is 5.06. The van der Waals surface area contributed by atoms with E-state index < -0.39 is 10.7 Å². The number of thiazole rings is 1. The van der Waals surface area contributed by atoms with Crippen molar-refractivity contribution in [2.45, 2.75) is 32.7 Å². The van der Waals surface area contributed by atoms with Crippen molar-refractivity contribution in [3.8, 4) is 11.3 Å². The van der Waals surface area contributed by atoms with Crippen LogP contribution in [-0.2, 0) is 17.8 Å². The standard InChI is InChI=1S/C22H20N4O5S/c1-2-14-5-7-15(8-6-14)17-13-32-21(23-17)24-20(27)4-3-11-25-18-10-9-16(26(29)30)12-19(18)31-22(25)28/h5-10,12-13H,2-4,11H2,1H3,(H,23,24,27). The molecule has 0 unspecified atom stereocenters. The molecule has 0 fully saturated rings. The maximum absolute atomic E-state index is 12.3. The highest BCUT2D eigenvalue weighted by atomic mass is 32.1. The van der Waals surface area contributed by atoms with Gasteiger partial charge in [-0.25, -0.2) is 9.78 Å². The third kappa shape index (κ3) is 4.59. The molecule has 0 aliphatic rings. The Labute approximate surface area is 186 Å². The molecule has 164 valence electrons. The van der Waals surface area contributed by atoms with Gasteiger partial charge >= 0.3 is 5.76 Å². The summed E-state index contributed by atoms with van der Waals surface area (Å²) in [6.07, 6.45) is 1.56. The highest BCUT2D eigenvalue weighted by molar-refractivity contribution is 7.14. The average molecular weight is 452 g/mol. The van der Waals surface area contributed by atoms with Gasteiger partial charge in [0.25, 0.3) is 5.69 Å². The zero-order valence-electron chi connectivity index (χ0n) is 17.2. The number of rotatable bonds is 8. The SMILES string of the molecule is CCc1ccc(-c2csc(NC(=O)CCCn3c(=O)oc4cc([N+](=O)[O-])ccc43)n2)cc1. The number of amides is 1. The molecular weight excluding hydrogens is 432 g/mol. The maximum Gasteiger partial charge on any atom is 0.419 e. The molecule has 32 heavy (non-hydrogen) atoms. The number of nitro groups is 1. The van der Waals surface area contributed by atoms with Crippen molar-refractivity contribution in [3.05, 3.63) is 74.1 Å². The first-order valence-electron chi connectivity index (χ1n) is 10.1. The van der Waals surface area contributed by atoms with Crippen molar-refractivity contribution in [2.24, 2.45) is 0 Å². The third-order valence-corrected chi connectivity index (χ3v) is 5.81. The summed E-state index contributed by atoms with van der Waals surface area (Å²) in [5.41, 5.74) is 3.50. The van der Waals surface area contributed by atoms with E-state index in [9.17, 15) is 19.7 Å². The second kappa shape index (κ2) is 9.15. The molecule has 0 bridgehead atoms. The van der Waals surface area contributed by atoms with Gasteiger partial charge in [0.1, 0.15) is 0 Å². The topological polar surface area (TPSA) is 120 Å². The summed E-state index contributed by atoms with van der Waals surface area (Å²) in [6, 6.07) is 12.2. The number of non-ortho nitro benzene ring substituents is 1. The van der Waals surface area contributed by atoms with E-state index in [1.54, 1.807) is 0 Å². The Morgan fingerprint density at radius 1 is 1.25 bits per heavy atom. The van der Waals surface area contributed by atoms with Crippen LogP contribution in [0.15, 0.2) is 57.1 Å². The molecule has 0 saturated carbocycles. The molecule has 0 aliphatic carbocycles. The van der Waals surface area contributed by atoms with Gasteiger partial charge < -0.3 is 9.73 Å². The van der Waals surface area contributed by atoms with Gasteiger partial charge in [-0.3, -0.25) is 19.5 Å². The highest BCUT2D eigenvalue weighted by Crippen LogP contribution is 2.25. The largest absolute Gasteiger partial charge is 0.419 e. The van der Waals surface area contributed by atoms with Crippen LogP contribution >= 0.6 is 11.3 Å². The lowest BCUT2D eigenvalue weighted by Gasteiger charge is -2.03. The molecule has 0 saturated heterocycles. The molecule has 4 rings (SSSR count). The van der Waals surface area contributed by atoms with E-state index in [1.165, 1.54) is 39.7 Å². The number of oxazole rings is 1. The van der Waals surface area contributed by atoms with Crippen LogP contribution in [0.4, 0.5) is 10.8 Å². The molecular formula is C22H20N4O5S. The highest BCUT2D eigenvalue weighted by Gasteiger charge is 2.15. The maximum atomic E-state index is 12.3. The summed E-state index contributed by atoms with van der Waals surface area (Å²) in [5.74, 6) is -0.816. The van der Waals surface area contributed by atoms with Gasteiger partial charge in [0.15, 0.2) is 10.7 Å². The first-order valence-corrected chi connectivity index (χ1v) is 10.9. The smallest absolute Gasteiger partial charge is 0.407 e. The summed E-state index contributed by atoms with van der Waals surface area (Å²) in [6.45, 7) is 2.35. The van der Waals surface area contributed by atoms with Gasteiger partial charge in [0, 0.05) is 30.0 Å². The summed E-state index contributed by atoms with van der Waals surface area (Å²) in [4.78, 5) is 39.2. The Kier molecular flexibility index (Phi) is 6.13. The average Bonchev–Trinajstić information content (AvgIpc) is 3.37. The van der Waals surface area contributed by atoms with E-state index in [4.69, 9.17) is 4.42 Å². The van der Waals surface area contributed by atoms with Crippen LogP contribution in [0.3, 0.4) is 0 Å². The molecule has 2 aromatic carbocycles. The van der Waals surface area contributed by atoms with Crippen LogP contribution < -0.4 is 11.1 Å². The normalized spacial score (nSPS) is 11.0. The first-order chi connectivity index (χ1) is 15.4. The number of nitrogens with zero attached hydrogens (tertiary/aromatic N) is 3. The van der Waals surface area contributed by atoms with Gasteiger partial charge in [-0.2, -0.15) is 0 Å². The molecule has 0 aliphatic heterocycles. The van der Waals surface area contributed by atoms with E-state index in [-0.39, 0.29) is 30.1 Å². The minimum atomic E-state index is -0.612. The van der Waals surface area contributed by atoms with Crippen molar-refractivity contribution < 1.29 is 14.1 Å². The lowest BCUT2D eigenvalue weighted by molar-refractivity contribution is -0.384. The second-order valence-electron chi connectivity index (χ2n) is 7.17. The van der Waals surface area contributed by atoms with E-state index in [2.05, 4.69) is 29.4 Å². The van der Waals surface area contributed by atoms with Crippen molar-refractivity contribution in [1.82, 2.24) is 9.55 Å². The van der Waals surface area contributed by atoms with Crippen molar-refractivity contribution >= 4 is 39.2 Å². The fourth-order valence-electron chi connectivity index (χ4n) is 3.33. The van der Waals surface area contributed by atoms with E-state index in [0.29, 0.717) is 17.1 Å². The van der Waals surface area contributed by atoms with Crippen LogP contribution in [0.2, 0.25) is 0 Å². The molecule has 0 radical (unpaired) electrons. The number of nitro benzene ring substituents is 1. The Hall–Kier alpha value is -3.79. The molecule has 10 heteroatoms. The minimum Gasteiger partial charge on any atom is -0.407 e. The summed E-state index contributed by atoms with van der Waals surface area (Å²) >= 11 is 1.35. The molecule has 2 aromatic heterocycles. The number of benzene rings is 2. The molecule has 4 aromatic rings. The second-order valence-corrected chi connectivity index (χ2v) is 8.03. The number of aryl methyl sites for hydroxylation is 2. The Balaban J connectivity index is 1.35. The molecule has 9 nitrogen and oxygen atoms in total. The quantitative estimate of drug-likeness (QED) is 0.308. The Morgan fingerprint density at radius 2 is 2.03 bits per heavy atom. The van der Waals surface area contributed by atoms with Gasteiger partial charge in [-0.15, -0.1) is 11.3 Å². The number of hydrogen-bond donors (Lipinski definition) is 1. The van der Waals surface area contributed by atoms with E-state index >= 15 is 0 Å². The summed E-state index contributed by atoms with van der Waals surface area (Å²) in [5, 5.41) is 16.1. The fourth-order valence-corrected chi connectivity index (χ4v) is 4.07. The summed E-state index contributed by atoms with van der Waals surface area (Å²) in [7, 11) is 0. The molecule has 1 amide bonds. The number of carbonyl (C=O) groups excluding carboxylic acids is 1. The predicted octanol–water partition coefficient (Wildman–Crippen LogP) is 4.61. The zero-order chi connectivity index (χ0) is 22.7. The van der Waals surface area contributed by atoms with Gasteiger partial charge in [-0.05, 0) is 24.5 Å². The van der Waals surface area contributed by atoms with Crippen LogP contribution in [0.25, 0.3) is 22.4 Å². The number of carbonyl (C=O) groups is 1. The first kappa shape index (κ1) is 21.4. The van der Waals surface area contributed by atoms with Gasteiger partial charge in [0.05, 0.1) is 22.2 Å². The van der Waals surface area contributed by atoms with E-state index in [1.807, 2.05) is 17.5 Å². The van der Waals surface area contributed by atoms with Crippen LogP contribution in [-0.4, -0.2) is 20.4 Å². The molecule has 1 N–H and O–H groups in total. The number of aromatic nitrogens is 2. The van der Waals surface area contributed by atoms with E-state index in [0.717, 1.165) is 17.7 Å². The molecule has 0 atom stereocenters. The minimum absolute atomic E-state index is 0.149. The number of nitrogens with one attached hydrogen (secondary N) is 1.